The molecular formula is C21H23NO3. The molecule has 0 spiro atoms. The third kappa shape index (κ3) is 4.08. The Morgan fingerprint density at radius 3 is 2.28 bits per heavy atom. The van der Waals surface area contributed by atoms with Gasteiger partial charge in [0, 0.05) is 12.0 Å². The standard InChI is InChI=1S/C21H23NO3/c1-20(2,3)25-19(23)21(14-16-10-6-4-7-11-16)15-24-18(22-21)17-12-8-5-9-13-17/h4-13H,14-15H2,1-3H3. The van der Waals surface area contributed by atoms with Gasteiger partial charge in [0.25, 0.3) is 0 Å². The van der Waals surface area contributed by atoms with Crippen molar-refractivity contribution in [3.63, 3.8) is 0 Å². The molecule has 2 aromatic rings. The molecular weight excluding hydrogens is 314 g/mol. The Morgan fingerprint density at radius 1 is 1.08 bits per heavy atom. The molecule has 1 atom stereocenters. The zero-order valence-corrected chi connectivity index (χ0v) is 14.9. The number of nitrogens with zero attached hydrogens (tertiary/aromatic N) is 1. The quantitative estimate of drug-likeness (QED) is 0.798. The minimum absolute atomic E-state index is 0.182. The molecule has 130 valence electrons. The molecule has 2 aromatic carbocycles. The summed E-state index contributed by atoms with van der Waals surface area (Å²) < 4.78 is 11.5. The summed E-state index contributed by atoms with van der Waals surface area (Å²) in [6.07, 6.45) is 0.444. The van der Waals surface area contributed by atoms with Crippen LogP contribution >= 0.6 is 0 Å². The van der Waals surface area contributed by atoms with Crippen molar-refractivity contribution >= 4 is 11.9 Å². The summed E-state index contributed by atoms with van der Waals surface area (Å²) in [5.41, 5.74) is 0.252. The van der Waals surface area contributed by atoms with Crippen molar-refractivity contribution in [2.75, 3.05) is 6.61 Å². The molecule has 0 radical (unpaired) electrons. The molecule has 0 N–H and O–H groups in total. The van der Waals surface area contributed by atoms with Gasteiger partial charge in [-0.05, 0) is 38.5 Å². The smallest absolute Gasteiger partial charge is 0.338 e. The van der Waals surface area contributed by atoms with Crippen LogP contribution in [-0.2, 0) is 20.7 Å². The van der Waals surface area contributed by atoms with Crippen molar-refractivity contribution in [2.24, 2.45) is 4.99 Å². The monoisotopic (exact) mass is 337 g/mol. The number of rotatable bonds is 4. The Kier molecular flexibility index (Phi) is 4.62. The van der Waals surface area contributed by atoms with Gasteiger partial charge < -0.3 is 9.47 Å². The van der Waals surface area contributed by atoms with Gasteiger partial charge in [-0.3, -0.25) is 0 Å². The van der Waals surface area contributed by atoms with Gasteiger partial charge in [-0.2, -0.15) is 0 Å². The summed E-state index contributed by atoms with van der Waals surface area (Å²) in [5.74, 6) is 0.136. The average molecular weight is 337 g/mol. The van der Waals surface area contributed by atoms with Gasteiger partial charge in [0.1, 0.15) is 12.2 Å². The fraction of sp³-hybridized carbons (Fsp3) is 0.333. The van der Waals surface area contributed by atoms with E-state index in [9.17, 15) is 4.79 Å². The molecule has 0 bridgehead atoms. The van der Waals surface area contributed by atoms with Crippen molar-refractivity contribution < 1.29 is 14.3 Å². The minimum atomic E-state index is -1.06. The van der Waals surface area contributed by atoms with Crippen LogP contribution < -0.4 is 0 Å². The normalized spacial score (nSPS) is 19.9. The lowest BCUT2D eigenvalue weighted by atomic mass is 9.92. The van der Waals surface area contributed by atoms with Gasteiger partial charge in [0.15, 0.2) is 5.54 Å². The van der Waals surface area contributed by atoms with Crippen LogP contribution in [0.25, 0.3) is 0 Å². The second-order valence-electron chi connectivity index (χ2n) is 7.27. The highest BCUT2D eigenvalue weighted by Gasteiger charge is 2.47. The van der Waals surface area contributed by atoms with Crippen LogP contribution in [0.15, 0.2) is 65.7 Å². The summed E-state index contributed by atoms with van der Waals surface area (Å²) in [5, 5.41) is 0. The van der Waals surface area contributed by atoms with E-state index >= 15 is 0 Å². The molecule has 1 unspecified atom stereocenters. The maximum atomic E-state index is 13.0. The van der Waals surface area contributed by atoms with Crippen LogP contribution in [0.1, 0.15) is 31.9 Å². The lowest BCUT2D eigenvalue weighted by Crippen LogP contribution is -2.45. The van der Waals surface area contributed by atoms with E-state index in [4.69, 9.17) is 9.47 Å². The lowest BCUT2D eigenvalue weighted by Gasteiger charge is -2.28. The number of esters is 1. The molecule has 4 heteroatoms. The second-order valence-corrected chi connectivity index (χ2v) is 7.27. The highest BCUT2D eigenvalue weighted by molar-refractivity contribution is 5.99. The zero-order chi connectivity index (χ0) is 17.9. The Bertz CT molecular complexity index is 763. The van der Waals surface area contributed by atoms with Crippen molar-refractivity contribution in [2.45, 2.75) is 38.3 Å². The molecule has 0 saturated heterocycles. The fourth-order valence-corrected chi connectivity index (χ4v) is 2.75. The number of aliphatic imine (C=N–C) groups is 1. The van der Waals surface area contributed by atoms with Gasteiger partial charge >= 0.3 is 5.97 Å². The van der Waals surface area contributed by atoms with E-state index in [0.717, 1.165) is 11.1 Å². The first-order valence-corrected chi connectivity index (χ1v) is 8.43. The Morgan fingerprint density at radius 2 is 1.68 bits per heavy atom. The Balaban J connectivity index is 1.96. The van der Waals surface area contributed by atoms with E-state index < -0.39 is 11.1 Å². The number of carbonyl (C=O) groups excluding carboxylic acids is 1. The molecule has 0 aliphatic carbocycles. The molecule has 1 aliphatic rings. The first-order chi connectivity index (χ1) is 11.9. The van der Waals surface area contributed by atoms with Crippen LogP contribution in [0.4, 0.5) is 0 Å². The number of hydrogen-bond donors (Lipinski definition) is 0. The molecule has 1 aliphatic heterocycles. The van der Waals surface area contributed by atoms with Crippen LogP contribution in [-0.4, -0.2) is 29.6 Å². The third-order valence-electron chi connectivity index (χ3n) is 3.90. The molecule has 4 nitrogen and oxygen atoms in total. The summed E-state index contributed by atoms with van der Waals surface area (Å²) >= 11 is 0. The number of ether oxygens (including phenoxy) is 2. The van der Waals surface area contributed by atoms with Crippen molar-refractivity contribution in [1.29, 1.82) is 0 Å². The molecule has 3 rings (SSSR count). The largest absolute Gasteiger partial charge is 0.474 e. The third-order valence-corrected chi connectivity index (χ3v) is 3.90. The molecule has 25 heavy (non-hydrogen) atoms. The maximum Gasteiger partial charge on any atom is 0.338 e. The van der Waals surface area contributed by atoms with Crippen LogP contribution in [0.2, 0.25) is 0 Å². The molecule has 0 saturated carbocycles. The summed E-state index contributed by atoms with van der Waals surface area (Å²) in [6.45, 7) is 5.76. The Hall–Kier alpha value is -2.62. The Labute approximate surface area is 148 Å². The van der Waals surface area contributed by atoms with Crippen molar-refractivity contribution in [1.82, 2.24) is 0 Å². The van der Waals surface area contributed by atoms with Gasteiger partial charge in [0.05, 0.1) is 0 Å². The maximum absolute atomic E-state index is 13.0. The molecule has 0 amide bonds. The molecule has 1 heterocycles. The summed E-state index contributed by atoms with van der Waals surface area (Å²) in [4.78, 5) is 17.6. The average Bonchev–Trinajstić information content (AvgIpc) is 3.01. The topological polar surface area (TPSA) is 47.9 Å². The predicted octanol–water partition coefficient (Wildman–Crippen LogP) is 3.79. The first kappa shape index (κ1) is 17.2. The van der Waals surface area contributed by atoms with Crippen molar-refractivity contribution in [3.8, 4) is 0 Å². The van der Waals surface area contributed by atoms with Gasteiger partial charge in [-0.1, -0.05) is 48.5 Å². The van der Waals surface area contributed by atoms with Gasteiger partial charge in [-0.15, -0.1) is 0 Å². The van der Waals surface area contributed by atoms with Crippen LogP contribution in [0.3, 0.4) is 0 Å². The predicted molar refractivity (Wildman–Crippen MR) is 97.7 cm³/mol. The van der Waals surface area contributed by atoms with Crippen molar-refractivity contribution in [3.05, 3.63) is 71.8 Å². The molecule has 0 aromatic heterocycles. The highest BCUT2D eigenvalue weighted by Crippen LogP contribution is 2.29. The fourth-order valence-electron chi connectivity index (χ4n) is 2.75. The zero-order valence-electron chi connectivity index (χ0n) is 14.9. The summed E-state index contributed by atoms with van der Waals surface area (Å²) in [7, 11) is 0. The van der Waals surface area contributed by atoms with E-state index in [-0.39, 0.29) is 12.6 Å². The first-order valence-electron chi connectivity index (χ1n) is 8.43. The van der Waals surface area contributed by atoms with E-state index in [2.05, 4.69) is 4.99 Å². The lowest BCUT2D eigenvalue weighted by molar-refractivity contribution is -0.162. The van der Waals surface area contributed by atoms with E-state index in [1.807, 2.05) is 81.4 Å². The van der Waals surface area contributed by atoms with Crippen LogP contribution in [0, 0.1) is 0 Å². The van der Waals surface area contributed by atoms with E-state index in [1.54, 1.807) is 0 Å². The van der Waals surface area contributed by atoms with Gasteiger partial charge in [0.2, 0.25) is 5.90 Å². The highest BCUT2D eigenvalue weighted by atomic mass is 16.6. The number of benzene rings is 2. The van der Waals surface area contributed by atoms with Crippen LogP contribution in [0.5, 0.6) is 0 Å². The minimum Gasteiger partial charge on any atom is -0.474 e. The second kappa shape index (κ2) is 6.71. The van der Waals surface area contributed by atoms with E-state index in [1.165, 1.54) is 0 Å². The van der Waals surface area contributed by atoms with Gasteiger partial charge in [-0.25, -0.2) is 9.79 Å². The summed E-state index contributed by atoms with van der Waals surface area (Å²) in [6, 6.07) is 19.5. The number of hydrogen-bond acceptors (Lipinski definition) is 4. The SMILES string of the molecule is CC(C)(C)OC(=O)C1(Cc2ccccc2)COC(c2ccccc2)=N1. The number of carbonyl (C=O) groups is 1. The van der Waals surface area contributed by atoms with E-state index in [0.29, 0.717) is 12.3 Å². The molecule has 0 fully saturated rings.